The number of rotatable bonds is 9. The van der Waals surface area contributed by atoms with Gasteiger partial charge in [-0.05, 0) is 61.5 Å². The normalized spacial score (nSPS) is 11.1. The number of methoxy groups -OCH3 is 1. The Balaban J connectivity index is 1.81. The molecule has 32 heavy (non-hydrogen) atoms. The average Bonchev–Trinajstić information content (AvgIpc) is 2.79. The van der Waals surface area contributed by atoms with Crippen LogP contribution in [-0.2, 0) is 14.8 Å². The second kappa shape index (κ2) is 10.5. The Morgan fingerprint density at radius 1 is 1.06 bits per heavy atom. The summed E-state index contributed by atoms with van der Waals surface area (Å²) < 4.78 is 46.2. The minimum Gasteiger partial charge on any atom is -0.495 e. The highest BCUT2D eigenvalue weighted by Crippen LogP contribution is 2.31. The number of nitrogens with zero attached hydrogens (tertiary/aromatic N) is 1. The Kier molecular flexibility index (Phi) is 7.76. The quantitative estimate of drug-likeness (QED) is 0.452. The maximum absolute atomic E-state index is 13.3. The Labute approximate surface area is 191 Å². The number of benzene rings is 3. The van der Waals surface area contributed by atoms with Crippen LogP contribution in [-0.4, -0.2) is 33.7 Å². The molecule has 1 N–H and O–H groups in total. The highest BCUT2D eigenvalue weighted by Gasteiger charge is 2.25. The third-order valence-electron chi connectivity index (χ3n) is 4.55. The lowest BCUT2D eigenvalue weighted by atomic mass is 10.3. The van der Waals surface area contributed by atoms with Crippen molar-refractivity contribution in [3.8, 4) is 5.75 Å². The third kappa shape index (κ3) is 5.60. The van der Waals surface area contributed by atoms with E-state index in [0.717, 1.165) is 4.90 Å². The zero-order valence-electron chi connectivity index (χ0n) is 17.6. The molecular formula is C23H23FN2O4S2. The van der Waals surface area contributed by atoms with Gasteiger partial charge in [0.15, 0.2) is 0 Å². The largest absolute Gasteiger partial charge is 0.495 e. The molecule has 3 aromatic rings. The van der Waals surface area contributed by atoms with Crippen LogP contribution in [0.3, 0.4) is 0 Å². The molecule has 0 aliphatic heterocycles. The fourth-order valence-corrected chi connectivity index (χ4v) is 5.22. The van der Waals surface area contributed by atoms with Gasteiger partial charge in [0.05, 0.1) is 29.1 Å². The lowest BCUT2D eigenvalue weighted by Gasteiger charge is -2.23. The van der Waals surface area contributed by atoms with Gasteiger partial charge in [0.25, 0.3) is 10.0 Å². The SMILES string of the molecule is CCN(c1ccccc1)S(=O)(=O)c1ccc(OC)c(NC(=O)CSc2ccc(F)cc2)c1. The van der Waals surface area contributed by atoms with Gasteiger partial charge >= 0.3 is 0 Å². The molecule has 0 heterocycles. The predicted octanol–water partition coefficient (Wildman–Crippen LogP) is 4.78. The molecule has 3 rings (SSSR count). The van der Waals surface area contributed by atoms with Crippen LogP contribution in [0, 0.1) is 5.82 Å². The smallest absolute Gasteiger partial charge is 0.264 e. The summed E-state index contributed by atoms with van der Waals surface area (Å²) in [6, 6.07) is 19.0. The van der Waals surface area contributed by atoms with Crippen molar-refractivity contribution < 1.29 is 22.3 Å². The molecule has 0 saturated heterocycles. The number of hydrogen-bond donors (Lipinski definition) is 1. The maximum Gasteiger partial charge on any atom is 0.264 e. The standard InChI is InChI=1S/C23H23FN2O4S2/c1-3-26(18-7-5-4-6-8-18)32(28,29)20-13-14-22(30-2)21(15-20)25-23(27)16-31-19-11-9-17(24)10-12-19/h4-15H,3,16H2,1-2H3,(H,25,27). The van der Waals surface area contributed by atoms with Crippen LogP contribution in [0.4, 0.5) is 15.8 Å². The van der Waals surface area contributed by atoms with Crippen LogP contribution >= 0.6 is 11.8 Å². The Morgan fingerprint density at radius 2 is 1.75 bits per heavy atom. The first-order valence-corrected chi connectivity index (χ1v) is 12.2. The van der Waals surface area contributed by atoms with Crippen LogP contribution in [0.1, 0.15) is 6.92 Å². The number of sulfonamides is 1. The Hall–Kier alpha value is -3.04. The molecule has 0 aromatic heterocycles. The first kappa shape index (κ1) is 23.6. The molecular weight excluding hydrogens is 451 g/mol. The number of carbonyl (C=O) groups excluding carboxylic acids is 1. The fourth-order valence-electron chi connectivity index (χ4n) is 3.02. The molecule has 0 saturated carbocycles. The summed E-state index contributed by atoms with van der Waals surface area (Å²) in [4.78, 5) is 13.2. The van der Waals surface area contributed by atoms with Crippen LogP contribution in [0.25, 0.3) is 0 Å². The van der Waals surface area contributed by atoms with Gasteiger partial charge in [0.2, 0.25) is 5.91 Å². The highest BCUT2D eigenvalue weighted by molar-refractivity contribution is 8.00. The number of para-hydroxylation sites is 1. The molecule has 9 heteroatoms. The topological polar surface area (TPSA) is 75.7 Å². The predicted molar refractivity (Wildman–Crippen MR) is 125 cm³/mol. The molecule has 0 aliphatic carbocycles. The Bertz CT molecular complexity index is 1170. The van der Waals surface area contributed by atoms with Gasteiger partial charge in [0.1, 0.15) is 11.6 Å². The number of nitrogens with one attached hydrogen (secondary N) is 1. The molecule has 1 amide bonds. The average molecular weight is 475 g/mol. The van der Waals surface area contributed by atoms with Gasteiger partial charge in [-0.25, -0.2) is 12.8 Å². The number of anilines is 2. The van der Waals surface area contributed by atoms with Gasteiger partial charge in [-0.1, -0.05) is 18.2 Å². The maximum atomic E-state index is 13.3. The van der Waals surface area contributed by atoms with Crippen molar-refractivity contribution in [1.29, 1.82) is 0 Å². The van der Waals surface area contributed by atoms with E-state index in [4.69, 9.17) is 4.74 Å². The number of halogens is 1. The molecule has 0 aliphatic rings. The molecule has 0 bridgehead atoms. The van der Waals surface area contributed by atoms with Crippen LogP contribution in [0.2, 0.25) is 0 Å². The van der Waals surface area contributed by atoms with E-state index in [1.54, 1.807) is 43.3 Å². The zero-order chi connectivity index (χ0) is 23.1. The monoisotopic (exact) mass is 474 g/mol. The molecule has 0 fully saturated rings. The minimum absolute atomic E-state index is 0.0329. The summed E-state index contributed by atoms with van der Waals surface area (Å²) in [5.74, 6) is -0.288. The van der Waals surface area contributed by atoms with E-state index < -0.39 is 10.0 Å². The van der Waals surface area contributed by atoms with Gasteiger partial charge in [-0.2, -0.15) is 0 Å². The highest BCUT2D eigenvalue weighted by atomic mass is 32.2. The second-order valence-corrected chi connectivity index (χ2v) is 9.57. The van der Waals surface area contributed by atoms with E-state index in [-0.39, 0.29) is 34.6 Å². The molecule has 3 aromatic carbocycles. The molecule has 0 radical (unpaired) electrons. The summed E-state index contributed by atoms with van der Waals surface area (Å²) in [5, 5.41) is 2.71. The summed E-state index contributed by atoms with van der Waals surface area (Å²) in [7, 11) is -2.42. The Morgan fingerprint density at radius 3 is 2.38 bits per heavy atom. The molecule has 0 unspecified atom stereocenters. The van der Waals surface area contributed by atoms with E-state index >= 15 is 0 Å². The molecule has 0 atom stereocenters. The van der Waals surface area contributed by atoms with Crippen molar-refractivity contribution in [2.75, 3.05) is 29.0 Å². The third-order valence-corrected chi connectivity index (χ3v) is 7.46. The first-order valence-electron chi connectivity index (χ1n) is 9.79. The fraction of sp³-hybridized carbons (Fsp3) is 0.174. The van der Waals surface area contributed by atoms with E-state index in [9.17, 15) is 17.6 Å². The van der Waals surface area contributed by atoms with E-state index in [1.165, 1.54) is 53.5 Å². The van der Waals surface area contributed by atoms with E-state index in [2.05, 4.69) is 5.32 Å². The summed E-state index contributed by atoms with van der Waals surface area (Å²) in [5.41, 5.74) is 0.800. The first-order chi connectivity index (χ1) is 15.3. The minimum atomic E-state index is -3.86. The molecule has 6 nitrogen and oxygen atoms in total. The van der Waals surface area contributed by atoms with Crippen molar-refractivity contribution in [3.63, 3.8) is 0 Å². The lowest BCUT2D eigenvalue weighted by molar-refractivity contribution is -0.113. The van der Waals surface area contributed by atoms with E-state index in [0.29, 0.717) is 11.4 Å². The molecule has 0 spiro atoms. The van der Waals surface area contributed by atoms with Gasteiger partial charge in [-0.3, -0.25) is 9.10 Å². The van der Waals surface area contributed by atoms with Crippen molar-refractivity contribution in [3.05, 3.63) is 78.6 Å². The number of amides is 1. The lowest BCUT2D eigenvalue weighted by Crippen LogP contribution is -2.30. The molecule has 168 valence electrons. The van der Waals surface area contributed by atoms with Crippen molar-refractivity contribution in [2.24, 2.45) is 0 Å². The zero-order valence-corrected chi connectivity index (χ0v) is 19.3. The van der Waals surface area contributed by atoms with Crippen LogP contribution in [0.15, 0.2) is 82.6 Å². The summed E-state index contributed by atoms with van der Waals surface area (Å²) in [6.45, 7) is 2.00. The number of thioether (sulfide) groups is 1. The second-order valence-electron chi connectivity index (χ2n) is 6.66. The van der Waals surface area contributed by atoms with Crippen molar-refractivity contribution in [1.82, 2.24) is 0 Å². The van der Waals surface area contributed by atoms with Crippen LogP contribution in [0.5, 0.6) is 5.75 Å². The van der Waals surface area contributed by atoms with Gasteiger partial charge in [0, 0.05) is 11.4 Å². The van der Waals surface area contributed by atoms with Crippen LogP contribution < -0.4 is 14.4 Å². The van der Waals surface area contributed by atoms with Gasteiger partial charge in [-0.15, -0.1) is 11.8 Å². The summed E-state index contributed by atoms with van der Waals surface area (Å²) in [6.07, 6.45) is 0. The van der Waals surface area contributed by atoms with Crippen molar-refractivity contribution >= 4 is 39.1 Å². The van der Waals surface area contributed by atoms with Crippen molar-refractivity contribution in [2.45, 2.75) is 16.7 Å². The number of hydrogen-bond acceptors (Lipinski definition) is 5. The summed E-state index contributed by atoms with van der Waals surface area (Å²) >= 11 is 1.24. The van der Waals surface area contributed by atoms with Gasteiger partial charge < -0.3 is 10.1 Å². The number of carbonyl (C=O) groups is 1. The van der Waals surface area contributed by atoms with E-state index in [1.807, 2.05) is 6.07 Å². The number of ether oxygens (including phenoxy) is 1.